The van der Waals surface area contributed by atoms with Crippen LogP contribution in [0.1, 0.15) is 93.1 Å². The second kappa shape index (κ2) is 37.0. The number of para-hydroxylation sites is 3. The van der Waals surface area contributed by atoms with Crippen LogP contribution in [0, 0.1) is 0 Å². The van der Waals surface area contributed by atoms with E-state index in [0.29, 0.717) is 29.5 Å². The molecule has 0 saturated heterocycles. The van der Waals surface area contributed by atoms with Gasteiger partial charge in [0, 0.05) is 100 Å². The quantitative estimate of drug-likeness (QED) is 0.0151. The van der Waals surface area contributed by atoms with E-state index in [4.69, 9.17) is 21.1 Å². The highest BCUT2D eigenvalue weighted by Gasteiger charge is 2.42. The number of alkyl halides is 9. The summed E-state index contributed by atoms with van der Waals surface area (Å²) < 4.78 is 157. The number of nitrogens with one attached hydrogen (secondary N) is 6. The molecule has 6 aromatic heterocycles. The van der Waals surface area contributed by atoms with E-state index in [9.17, 15) is 76.7 Å². The van der Waals surface area contributed by atoms with Gasteiger partial charge in [-0.1, -0.05) is 80.0 Å². The molecule has 9 rings (SSSR count). The lowest BCUT2D eigenvalue weighted by Crippen LogP contribution is -2.35. The van der Waals surface area contributed by atoms with E-state index in [1.54, 1.807) is 115 Å². The highest BCUT2D eigenvalue weighted by Crippen LogP contribution is 2.34. The van der Waals surface area contributed by atoms with Gasteiger partial charge in [-0.15, -0.1) is 0 Å². The zero-order valence-electron chi connectivity index (χ0n) is 53.8. The summed E-state index contributed by atoms with van der Waals surface area (Å²) >= 11 is 7.39. The van der Waals surface area contributed by atoms with Crippen molar-refractivity contribution < 1.29 is 86.2 Å². The Morgan fingerprint density at radius 2 is 0.755 bits per heavy atom. The normalized spacial score (nSPS) is 11.4. The number of ether oxygens (including phenoxy) is 2. The Kier molecular flexibility index (Phi) is 28.4. The molecule has 0 atom stereocenters. The van der Waals surface area contributed by atoms with Crippen molar-refractivity contribution in [3.05, 3.63) is 220 Å². The summed E-state index contributed by atoms with van der Waals surface area (Å²) in [5.41, 5.74) is -3.93. The molecule has 6 heterocycles. The van der Waals surface area contributed by atoms with Crippen molar-refractivity contribution in [2.24, 2.45) is 0 Å². The number of hydrogen-bond acceptors (Lipinski definition) is 17. The Hall–Kier alpha value is -10.9. The predicted molar refractivity (Wildman–Crippen MR) is 356 cm³/mol. The summed E-state index contributed by atoms with van der Waals surface area (Å²) in [5, 5.41) is 25.5. The fourth-order valence-corrected chi connectivity index (χ4v) is 9.74. The van der Waals surface area contributed by atoms with Gasteiger partial charge in [-0.3, -0.25) is 28.8 Å². The van der Waals surface area contributed by atoms with E-state index >= 15 is 0 Å². The lowest BCUT2D eigenvalue weighted by atomic mass is 10.2. The monoisotopic (exact) mass is 1480 g/mol. The van der Waals surface area contributed by atoms with Gasteiger partial charge in [-0.2, -0.15) is 66.6 Å². The molecule has 540 valence electrons. The number of halogens is 10. The maximum Gasteiger partial charge on any atom is 0.435 e. The molecule has 0 fully saturated rings. The van der Waals surface area contributed by atoms with Crippen molar-refractivity contribution in [3.63, 3.8) is 0 Å². The molecule has 25 nitrogen and oxygen atoms in total. The number of thioether (sulfide) groups is 1. The lowest BCUT2D eigenvalue weighted by Gasteiger charge is -2.09. The largest absolute Gasteiger partial charge is 0.477 e. The summed E-state index contributed by atoms with van der Waals surface area (Å²) in [6.07, 6.45) is -7.53. The number of carbonyl (C=O) groups is 6. The van der Waals surface area contributed by atoms with Gasteiger partial charge >= 0.3 is 18.5 Å². The second-order valence-corrected chi connectivity index (χ2v) is 25.1. The molecular weight excluding hydrogens is 1420 g/mol. The van der Waals surface area contributed by atoms with Crippen molar-refractivity contribution in [2.75, 3.05) is 75.5 Å². The molecule has 0 unspecified atom stereocenters. The third-order valence-electron chi connectivity index (χ3n) is 13.6. The van der Waals surface area contributed by atoms with Crippen LogP contribution in [-0.4, -0.2) is 164 Å². The molecule has 102 heavy (non-hydrogen) atoms. The van der Waals surface area contributed by atoms with E-state index in [2.05, 4.69) is 69.1 Å². The van der Waals surface area contributed by atoms with Crippen LogP contribution >= 0.6 is 23.4 Å². The molecule has 0 bridgehead atoms. The van der Waals surface area contributed by atoms with Crippen LogP contribution in [0.15, 0.2) is 165 Å². The zero-order chi connectivity index (χ0) is 74.0. The molecule has 6 N–H and O–H groups in total. The van der Waals surface area contributed by atoms with Gasteiger partial charge in [0.1, 0.15) is 11.8 Å². The van der Waals surface area contributed by atoms with Crippen molar-refractivity contribution in [2.45, 2.75) is 32.4 Å². The first kappa shape index (κ1) is 78.5. The second-order valence-electron chi connectivity index (χ2n) is 20.8. The number of hydrogen-bond donors (Lipinski definition) is 6. The van der Waals surface area contributed by atoms with Crippen LogP contribution < -0.4 is 41.4 Å². The Balaban J connectivity index is 0.000000216. The van der Waals surface area contributed by atoms with Crippen LogP contribution in [0.25, 0.3) is 17.1 Å². The summed E-state index contributed by atoms with van der Waals surface area (Å²) in [7, 11) is -3.18. The van der Waals surface area contributed by atoms with Crippen molar-refractivity contribution in [3.8, 4) is 28.8 Å². The van der Waals surface area contributed by atoms with Gasteiger partial charge in [0.05, 0.1) is 62.8 Å². The number of pyridine rings is 3. The first-order chi connectivity index (χ1) is 48.5. The van der Waals surface area contributed by atoms with Gasteiger partial charge in [-0.25, -0.2) is 37.4 Å². The Bertz CT molecular complexity index is 4370. The number of nitrogens with zero attached hydrogens (tertiary/aromatic N) is 9. The minimum absolute atomic E-state index is 0.00136. The number of sulfone groups is 1. The first-order valence-corrected chi connectivity index (χ1v) is 33.8. The predicted octanol–water partition coefficient (Wildman–Crippen LogP) is 8.94. The SMILES string of the molecule is CCS(=O)(=O)CCOc1ccc(C(=O)NCCNC(=O)c2cn(-c3ccccc3)nc2C(F)(F)F)cn1.CCSCCOc1ccc(C(=O)NCCNC(=O)c2cn(-c3ccccc3)nc2C(F)(F)F)cn1.O=C(NCCNC(=O)c1cn(-c2ccccc2)nc1C(F)(F)F)c1ccc(Cl)nc1. The average Bonchev–Trinajstić information content (AvgIpc) is 1.66. The molecular formula is C65H63ClF9N15O10S2. The van der Waals surface area contributed by atoms with E-state index < -0.39 is 97.6 Å². The average molecular weight is 1480 g/mol. The molecule has 6 amide bonds. The van der Waals surface area contributed by atoms with Gasteiger partial charge in [0.25, 0.3) is 35.4 Å². The Labute approximate surface area is 585 Å². The van der Waals surface area contributed by atoms with Gasteiger partial charge in [0.15, 0.2) is 26.9 Å². The third-order valence-corrected chi connectivity index (χ3v) is 16.3. The molecule has 0 spiro atoms. The third kappa shape index (κ3) is 23.9. The molecule has 0 radical (unpaired) electrons. The van der Waals surface area contributed by atoms with Gasteiger partial charge < -0.3 is 41.4 Å². The number of rotatable bonds is 28. The summed E-state index contributed by atoms with van der Waals surface area (Å²) in [4.78, 5) is 85.4. The fourth-order valence-electron chi connectivity index (χ4n) is 8.51. The molecule has 0 aliphatic carbocycles. The van der Waals surface area contributed by atoms with Crippen LogP contribution in [0.3, 0.4) is 0 Å². The highest BCUT2D eigenvalue weighted by molar-refractivity contribution is 7.99. The highest BCUT2D eigenvalue weighted by atomic mass is 35.5. The van der Waals surface area contributed by atoms with E-state index in [1.807, 2.05) is 0 Å². The van der Waals surface area contributed by atoms with E-state index in [0.717, 1.165) is 44.1 Å². The number of amides is 6. The lowest BCUT2D eigenvalue weighted by molar-refractivity contribution is -0.142. The standard InChI is InChI=1S/C23H24F3N5O5S.C23H24F3N5O3S.C19H15ClF3N5O2/c1-2-37(34,35)13-12-36-19-9-8-16(14-29-19)21(32)27-10-11-28-22(33)18-15-31(17-6-4-3-5-7-17)30-20(18)23(24,25)26;1-2-35-13-12-34-19-9-8-16(14-29-19)21(32)27-10-11-28-22(33)18-15-31(17-6-4-3-5-7-17)30-20(18)23(24,25)26;20-15-7-6-12(10-26-15)17(29)24-8-9-25-18(30)14-11-28(13-4-2-1-3-5-13)27-16(14)19(21,22)23/h3-9,14-15H,2,10-13H2,1H3,(H,27,32)(H,28,33);3-9,14-15H,2,10-13H2,1H3,(H,27,32)(H,28,33);1-7,10-11H,8-9H2,(H,24,29)(H,25,30). The zero-order valence-corrected chi connectivity index (χ0v) is 56.2. The molecule has 0 aliphatic rings. The van der Waals surface area contributed by atoms with Crippen molar-refractivity contribution >= 4 is 68.6 Å². The molecule has 0 aliphatic heterocycles. The van der Waals surface area contributed by atoms with E-state index in [-0.39, 0.29) is 85.1 Å². The van der Waals surface area contributed by atoms with Gasteiger partial charge in [-0.05, 0) is 66.4 Å². The Morgan fingerprint density at radius 1 is 0.441 bits per heavy atom. The first-order valence-electron chi connectivity index (χ1n) is 30.5. The number of benzene rings is 3. The van der Waals surface area contributed by atoms with Crippen LogP contribution in [0.2, 0.25) is 5.15 Å². The topological polar surface area (TPSA) is 319 Å². The van der Waals surface area contributed by atoms with Gasteiger partial charge in [0.2, 0.25) is 11.8 Å². The van der Waals surface area contributed by atoms with Crippen LogP contribution in [-0.2, 0) is 28.4 Å². The molecule has 9 aromatic rings. The summed E-state index contributed by atoms with van der Waals surface area (Å²) in [6.45, 7) is 3.66. The molecule has 3 aromatic carbocycles. The fraction of sp³-hybridized carbons (Fsp3) is 0.262. The smallest absolute Gasteiger partial charge is 0.435 e. The molecule has 0 saturated carbocycles. The maximum absolute atomic E-state index is 13.4. The minimum atomic E-state index is -4.84. The number of carbonyl (C=O) groups excluding carboxylic acids is 6. The molecule has 37 heteroatoms. The number of aromatic nitrogens is 9. The Morgan fingerprint density at radius 3 is 1.04 bits per heavy atom. The summed E-state index contributed by atoms with van der Waals surface area (Å²) in [5.74, 6) is -2.08. The van der Waals surface area contributed by atoms with Crippen molar-refractivity contribution in [1.82, 2.24) is 76.2 Å². The summed E-state index contributed by atoms with van der Waals surface area (Å²) in [6, 6.07) is 33.2. The van der Waals surface area contributed by atoms with Crippen LogP contribution in [0.4, 0.5) is 39.5 Å². The van der Waals surface area contributed by atoms with E-state index in [1.165, 1.54) is 49.8 Å². The maximum atomic E-state index is 13.4. The minimum Gasteiger partial charge on any atom is -0.477 e. The van der Waals surface area contributed by atoms with Crippen molar-refractivity contribution in [1.29, 1.82) is 0 Å². The van der Waals surface area contributed by atoms with Crippen LogP contribution in [0.5, 0.6) is 11.8 Å².